The van der Waals surface area contributed by atoms with Crippen LogP contribution in [0.25, 0.3) is 0 Å². The van der Waals surface area contributed by atoms with Crippen molar-refractivity contribution in [2.75, 3.05) is 39.8 Å². The number of likely N-dealkylation sites (tertiary alicyclic amines) is 1. The lowest BCUT2D eigenvalue weighted by Gasteiger charge is -2.39. The molecule has 0 aliphatic carbocycles. The molecule has 0 aromatic carbocycles. The summed E-state index contributed by atoms with van der Waals surface area (Å²) in [6, 6.07) is 1.56. The molecule has 0 aromatic heterocycles. The molecule has 3 nitrogen and oxygen atoms in total. The summed E-state index contributed by atoms with van der Waals surface area (Å²) in [5.41, 5.74) is 0. The standard InChI is InChI=1S/C16H33N3/c1-14(2)12-19-10-7-16(8-11-19)18(3)13-15-6-4-5-9-17-15/h14-17H,4-13H2,1-3H3. The first-order valence-corrected chi connectivity index (χ1v) is 8.31. The van der Waals surface area contributed by atoms with Crippen LogP contribution in [0, 0.1) is 5.92 Å². The van der Waals surface area contributed by atoms with Gasteiger partial charge in [-0.05, 0) is 58.3 Å². The quantitative estimate of drug-likeness (QED) is 0.824. The van der Waals surface area contributed by atoms with E-state index in [4.69, 9.17) is 0 Å². The Hall–Kier alpha value is -0.120. The van der Waals surface area contributed by atoms with Crippen LogP contribution in [0.2, 0.25) is 0 Å². The molecule has 2 fully saturated rings. The molecule has 112 valence electrons. The highest BCUT2D eigenvalue weighted by Gasteiger charge is 2.24. The Kier molecular flexibility index (Phi) is 6.11. The highest BCUT2D eigenvalue weighted by atomic mass is 15.2. The molecule has 2 saturated heterocycles. The number of hydrogen-bond acceptors (Lipinski definition) is 3. The summed E-state index contributed by atoms with van der Waals surface area (Å²) >= 11 is 0. The van der Waals surface area contributed by atoms with Gasteiger partial charge in [0.25, 0.3) is 0 Å². The fourth-order valence-corrected chi connectivity index (χ4v) is 3.64. The highest BCUT2D eigenvalue weighted by molar-refractivity contribution is 4.82. The summed E-state index contributed by atoms with van der Waals surface area (Å²) < 4.78 is 0. The summed E-state index contributed by atoms with van der Waals surface area (Å²) in [5, 5.41) is 3.67. The maximum atomic E-state index is 3.67. The lowest BCUT2D eigenvalue weighted by Crippen LogP contribution is -2.49. The SMILES string of the molecule is CC(C)CN1CCC(N(C)CC2CCCCN2)CC1. The Labute approximate surface area is 119 Å². The van der Waals surface area contributed by atoms with Gasteiger partial charge >= 0.3 is 0 Å². The number of nitrogens with zero attached hydrogens (tertiary/aromatic N) is 2. The van der Waals surface area contributed by atoms with Crippen LogP contribution in [-0.2, 0) is 0 Å². The lowest BCUT2D eigenvalue weighted by atomic mass is 10.00. The molecule has 2 aliphatic rings. The highest BCUT2D eigenvalue weighted by Crippen LogP contribution is 2.18. The van der Waals surface area contributed by atoms with Crippen molar-refractivity contribution in [1.29, 1.82) is 0 Å². The van der Waals surface area contributed by atoms with E-state index < -0.39 is 0 Å². The zero-order valence-electron chi connectivity index (χ0n) is 13.2. The van der Waals surface area contributed by atoms with Crippen LogP contribution in [0.3, 0.4) is 0 Å². The van der Waals surface area contributed by atoms with Crippen molar-refractivity contribution >= 4 is 0 Å². The summed E-state index contributed by atoms with van der Waals surface area (Å²) in [5.74, 6) is 0.806. The number of rotatable bonds is 5. The maximum absolute atomic E-state index is 3.67. The van der Waals surface area contributed by atoms with Gasteiger partial charge < -0.3 is 15.1 Å². The Bertz CT molecular complexity index is 240. The Morgan fingerprint density at radius 3 is 2.47 bits per heavy atom. The maximum Gasteiger partial charge on any atom is 0.0195 e. The monoisotopic (exact) mass is 267 g/mol. The van der Waals surface area contributed by atoms with Gasteiger partial charge in [0.15, 0.2) is 0 Å². The zero-order chi connectivity index (χ0) is 13.7. The van der Waals surface area contributed by atoms with E-state index in [1.165, 1.54) is 64.8 Å². The minimum atomic E-state index is 0.743. The smallest absolute Gasteiger partial charge is 0.0195 e. The molecule has 0 saturated carbocycles. The van der Waals surface area contributed by atoms with Crippen LogP contribution in [0.4, 0.5) is 0 Å². The Morgan fingerprint density at radius 2 is 1.89 bits per heavy atom. The van der Waals surface area contributed by atoms with E-state index in [1.54, 1.807) is 0 Å². The minimum absolute atomic E-state index is 0.743. The van der Waals surface area contributed by atoms with Crippen molar-refractivity contribution in [3.63, 3.8) is 0 Å². The number of likely N-dealkylation sites (N-methyl/N-ethyl adjacent to an activating group) is 1. The molecule has 0 bridgehead atoms. The molecule has 0 aromatic rings. The molecule has 0 spiro atoms. The van der Waals surface area contributed by atoms with Crippen LogP contribution in [0.5, 0.6) is 0 Å². The molecule has 2 heterocycles. The van der Waals surface area contributed by atoms with Crippen LogP contribution in [0.1, 0.15) is 46.0 Å². The summed E-state index contributed by atoms with van der Waals surface area (Å²) in [6.45, 7) is 11.0. The third kappa shape index (κ3) is 5.05. The predicted molar refractivity (Wildman–Crippen MR) is 82.6 cm³/mol. The van der Waals surface area contributed by atoms with Gasteiger partial charge in [-0.25, -0.2) is 0 Å². The van der Waals surface area contributed by atoms with Gasteiger partial charge in [0, 0.05) is 25.2 Å². The molecular formula is C16H33N3. The molecular weight excluding hydrogens is 234 g/mol. The fourth-order valence-electron chi connectivity index (χ4n) is 3.64. The minimum Gasteiger partial charge on any atom is -0.313 e. The molecule has 2 aliphatic heterocycles. The number of nitrogens with one attached hydrogen (secondary N) is 1. The third-order valence-corrected chi connectivity index (χ3v) is 4.72. The zero-order valence-corrected chi connectivity index (χ0v) is 13.2. The molecule has 0 amide bonds. The summed E-state index contributed by atoms with van der Waals surface area (Å²) in [4.78, 5) is 5.27. The topological polar surface area (TPSA) is 18.5 Å². The molecule has 1 N–H and O–H groups in total. The van der Waals surface area contributed by atoms with Gasteiger partial charge in [-0.15, -0.1) is 0 Å². The average molecular weight is 267 g/mol. The first-order chi connectivity index (χ1) is 9.15. The Morgan fingerprint density at radius 1 is 1.16 bits per heavy atom. The average Bonchev–Trinajstić information content (AvgIpc) is 2.40. The fraction of sp³-hybridized carbons (Fsp3) is 1.00. The predicted octanol–water partition coefficient (Wildman–Crippen LogP) is 2.18. The molecule has 3 heteroatoms. The Balaban J connectivity index is 1.68. The van der Waals surface area contributed by atoms with Gasteiger partial charge in [0.1, 0.15) is 0 Å². The van der Waals surface area contributed by atoms with Crippen LogP contribution < -0.4 is 5.32 Å². The van der Waals surface area contributed by atoms with Crippen molar-refractivity contribution in [3.05, 3.63) is 0 Å². The van der Waals surface area contributed by atoms with Crippen molar-refractivity contribution in [2.24, 2.45) is 5.92 Å². The third-order valence-electron chi connectivity index (χ3n) is 4.72. The van der Waals surface area contributed by atoms with E-state index in [0.717, 1.165) is 18.0 Å². The van der Waals surface area contributed by atoms with Gasteiger partial charge in [-0.1, -0.05) is 20.3 Å². The normalized spacial score (nSPS) is 27.3. The first-order valence-electron chi connectivity index (χ1n) is 8.31. The van der Waals surface area contributed by atoms with E-state index in [2.05, 4.69) is 36.0 Å². The molecule has 1 atom stereocenters. The van der Waals surface area contributed by atoms with Crippen LogP contribution in [-0.4, -0.2) is 61.7 Å². The van der Waals surface area contributed by atoms with Crippen molar-refractivity contribution in [1.82, 2.24) is 15.1 Å². The molecule has 19 heavy (non-hydrogen) atoms. The van der Waals surface area contributed by atoms with E-state index >= 15 is 0 Å². The second-order valence-electron chi connectivity index (χ2n) is 7.01. The first kappa shape index (κ1) is 15.3. The molecule has 1 unspecified atom stereocenters. The van der Waals surface area contributed by atoms with Crippen LogP contribution in [0.15, 0.2) is 0 Å². The largest absolute Gasteiger partial charge is 0.313 e. The van der Waals surface area contributed by atoms with Gasteiger partial charge in [-0.2, -0.15) is 0 Å². The van der Waals surface area contributed by atoms with Gasteiger partial charge in [0.2, 0.25) is 0 Å². The molecule has 2 rings (SSSR count). The van der Waals surface area contributed by atoms with E-state index in [1.807, 2.05) is 0 Å². The second-order valence-corrected chi connectivity index (χ2v) is 7.01. The molecule has 0 radical (unpaired) electrons. The van der Waals surface area contributed by atoms with Crippen molar-refractivity contribution < 1.29 is 0 Å². The number of hydrogen-bond donors (Lipinski definition) is 1. The summed E-state index contributed by atoms with van der Waals surface area (Å²) in [7, 11) is 2.33. The van der Waals surface area contributed by atoms with E-state index in [9.17, 15) is 0 Å². The van der Waals surface area contributed by atoms with Crippen molar-refractivity contribution in [2.45, 2.75) is 58.0 Å². The van der Waals surface area contributed by atoms with Crippen molar-refractivity contribution in [3.8, 4) is 0 Å². The van der Waals surface area contributed by atoms with Gasteiger partial charge in [-0.3, -0.25) is 0 Å². The van der Waals surface area contributed by atoms with E-state index in [0.29, 0.717) is 0 Å². The van der Waals surface area contributed by atoms with Crippen LogP contribution >= 0.6 is 0 Å². The van der Waals surface area contributed by atoms with E-state index in [-0.39, 0.29) is 0 Å². The summed E-state index contributed by atoms with van der Waals surface area (Å²) in [6.07, 6.45) is 6.87. The lowest BCUT2D eigenvalue weighted by molar-refractivity contribution is 0.109. The second kappa shape index (κ2) is 7.61. The number of piperidine rings is 2. The van der Waals surface area contributed by atoms with Gasteiger partial charge in [0.05, 0.1) is 0 Å².